The van der Waals surface area contributed by atoms with Crippen LogP contribution in [-0.4, -0.2) is 34.5 Å². The Morgan fingerprint density at radius 2 is 1.80 bits per heavy atom. The first-order valence-corrected chi connectivity index (χ1v) is 15.1. The number of nitroso groups, excluding NO2 is 1. The van der Waals surface area contributed by atoms with E-state index in [4.69, 9.17) is 16.3 Å². The number of hydrogen-bond acceptors (Lipinski definition) is 5. The monoisotopic (exact) mass is 581 g/mol. The Hall–Kier alpha value is -3.19. The van der Waals surface area contributed by atoms with Crippen molar-refractivity contribution in [2.24, 2.45) is 11.1 Å². The maximum atomic E-state index is 13.5. The smallest absolute Gasteiger partial charge is 0.410 e. The summed E-state index contributed by atoms with van der Waals surface area (Å²) in [6, 6.07) is 16.6. The number of amides is 2. The van der Waals surface area contributed by atoms with Gasteiger partial charge in [0.2, 0.25) is 5.91 Å². The third kappa shape index (κ3) is 9.15. The van der Waals surface area contributed by atoms with Gasteiger partial charge >= 0.3 is 6.09 Å². The summed E-state index contributed by atoms with van der Waals surface area (Å²) in [7, 11) is 0. The van der Waals surface area contributed by atoms with Gasteiger partial charge in [0.05, 0.1) is 5.54 Å². The van der Waals surface area contributed by atoms with Crippen LogP contribution in [0.4, 0.5) is 4.79 Å². The zero-order chi connectivity index (χ0) is 29.7. The van der Waals surface area contributed by atoms with Crippen LogP contribution in [0.5, 0.6) is 0 Å². The van der Waals surface area contributed by atoms with E-state index in [1.807, 2.05) is 65.6 Å². The second-order valence-electron chi connectivity index (χ2n) is 11.1. The van der Waals surface area contributed by atoms with Crippen molar-refractivity contribution >= 4 is 23.6 Å². The van der Waals surface area contributed by atoms with Crippen LogP contribution in [-0.2, 0) is 22.7 Å². The Kier molecular flexibility index (Phi) is 12.9. The Morgan fingerprint density at radius 1 is 1.12 bits per heavy atom. The lowest BCUT2D eigenvalue weighted by Crippen LogP contribution is -2.61. The van der Waals surface area contributed by atoms with Gasteiger partial charge in [-0.15, -0.1) is 6.58 Å². The van der Waals surface area contributed by atoms with E-state index in [9.17, 15) is 14.5 Å². The summed E-state index contributed by atoms with van der Waals surface area (Å²) >= 11 is 6.11. The first kappa shape index (κ1) is 32.3. The van der Waals surface area contributed by atoms with Gasteiger partial charge in [0.15, 0.2) is 0 Å². The molecule has 1 N–H and O–H groups in total. The summed E-state index contributed by atoms with van der Waals surface area (Å²) in [6.45, 7) is 8.08. The molecule has 1 aliphatic rings. The van der Waals surface area contributed by atoms with E-state index in [-0.39, 0.29) is 30.6 Å². The molecule has 0 bridgehead atoms. The van der Waals surface area contributed by atoms with Gasteiger partial charge in [-0.25, -0.2) is 4.79 Å². The minimum Gasteiger partial charge on any atom is -0.445 e. The maximum absolute atomic E-state index is 13.5. The van der Waals surface area contributed by atoms with Gasteiger partial charge in [0, 0.05) is 24.5 Å². The standard InChI is InChI=1S/C33H44ClN3O4/c1-4-6-13-31(36-40)33(22-7-5-2,35-25(3)38)28-16-20-30(21-17-28)37(23-26-14-18-29(34)19-15-26)32(39)41-24-27-11-9-8-10-12-27/h5,8-12,14-15,18-19,28,30-31H,2,4,6-7,13,16-17,20-24H2,1,3H3,(H,35,38). The summed E-state index contributed by atoms with van der Waals surface area (Å²) in [5.74, 6) is -0.102. The molecule has 1 fully saturated rings. The molecule has 7 nitrogen and oxygen atoms in total. The topological polar surface area (TPSA) is 88.1 Å². The number of nitrogens with one attached hydrogen (secondary N) is 1. The summed E-state index contributed by atoms with van der Waals surface area (Å²) in [5, 5.41) is 7.43. The second kappa shape index (κ2) is 16.3. The first-order valence-electron chi connectivity index (χ1n) is 14.8. The molecule has 1 saturated carbocycles. The number of halogens is 1. The highest BCUT2D eigenvalue weighted by Crippen LogP contribution is 2.42. The third-order valence-electron chi connectivity index (χ3n) is 8.30. The van der Waals surface area contributed by atoms with Gasteiger partial charge in [0.1, 0.15) is 12.6 Å². The lowest BCUT2D eigenvalue weighted by Gasteiger charge is -2.48. The Labute approximate surface area is 249 Å². The SMILES string of the molecule is C=CCCC(NC(C)=O)(C1CCC(N(Cc2ccc(Cl)cc2)C(=O)OCc2ccccc2)CC1)C(CCCC)N=O. The highest BCUT2D eigenvalue weighted by molar-refractivity contribution is 6.30. The van der Waals surface area contributed by atoms with Crippen LogP contribution < -0.4 is 5.32 Å². The molecule has 0 aromatic heterocycles. The molecule has 0 aliphatic heterocycles. The minimum absolute atomic E-state index is 0.0436. The molecule has 0 spiro atoms. The minimum atomic E-state index is -0.739. The van der Waals surface area contributed by atoms with Crippen molar-refractivity contribution in [1.82, 2.24) is 10.2 Å². The van der Waals surface area contributed by atoms with Crippen molar-refractivity contribution < 1.29 is 14.3 Å². The molecule has 0 heterocycles. The highest BCUT2D eigenvalue weighted by Gasteiger charge is 2.48. The third-order valence-corrected chi connectivity index (χ3v) is 8.55. The average Bonchev–Trinajstić information content (AvgIpc) is 2.99. The number of allylic oxidation sites excluding steroid dienone is 1. The number of unbranched alkanes of at least 4 members (excludes halogenated alkanes) is 1. The Bertz CT molecular complexity index is 1120. The van der Waals surface area contributed by atoms with Crippen LogP contribution >= 0.6 is 11.6 Å². The number of carbonyl (C=O) groups excluding carboxylic acids is 2. The predicted octanol–water partition coefficient (Wildman–Crippen LogP) is 8.20. The van der Waals surface area contributed by atoms with E-state index in [0.29, 0.717) is 30.8 Å². The van der Waals surface area contributed by atoms with Crippen LogP contribution in [0.15, 0.2) is 72.4 Å². The summed E-state index contributed by atoms with van der Waals surface area (Å²) in [5.41, 5.74) is 1.16. The van der Waals surface area contributed by atoms with Gasteiger partial charge < -0.3 is 15.0 Å². The van der Waals surface area contributed by atoms with E-state index in [1.165, 1.54) is 6.92 Å². The van der Waals surface area contributed by atoms with Crippen molar-refractivity contribution in [2.75, 3.05) is 0 Å². The van der Waals surface area contributed by atoms with Crippen LogP contribution in [0.2, 0.25) is 5.02 Å². The fourth-order valence-corrected chi connectivity index (χ4v) is 6.32. The number of benzene rings is 2. The number of carbonyl (C=O) groups is 2. The fraction of sp³-hybridized carbons (Fsp3) is 0.515. The molecule has 2 unspecified atom stereocenters. The van der Waals surface area contributed by atoms with E-state index in [1.54, 1.807) is 0 Å². The van der Waals surface area contributed by atoms with Gasteiger partial charge in [-0.3, -0.25) is 4.79 Å². The number of rotatable bonds is 15. The zero-order valence-electron chi connectivity index (χ0n) is 24.4. The Balaban J connectivity index is 1.82. The summed E-state index contributed by atoms with van der Waals surface area (Å²) < 4.78 is 5.78. The number of hydrogen-bond donors (Lipinski definition) is 1. The summed E-state index contributed by atoms with van der Waals surface area (Å²) in [6.07, 6.45) is 8.17. The molecular weight excluding hydrogens is 538 g/mol. The predicted molar refractivity (Wildman–Crippen MR) is 164 cm³/mol. The van der Waals surface area contributed by atoms with Crippen LogP contribution in [0.1, 0.15) is 82.8 Å². The van der Waals surface area contributed by atoms with Crippen molar-refractivity contribution in [2.45, 2.75) is 102 Å². The number of ether oxygens (including phenoxy) is 1. The second-order valence-corrected chi connectivity index (χ2v) is 11.5. The van der Waals surface area contributed by atoms with Crippen molar-refractivity contribution in [3.8, 4) is 0 Å². The normalized spacial score (nSPS) is 18.9. The highest BCUT2D eigenvalue weighted by atomic mass is 35.5. The van der Waals surface area contributed by atoms with E-state index >= 15 is 0 Å². The molecule has 41 heavy (non-hydrogen) atoms. The molecule has 2 atom stereocenters. The summed E-state index contributed by atoms with van der Waals surface area (Å²) in [4.78, 5) is 40.0. The largest absolute Gasteiger partial charge is 0.445 e. The molecule has 3 rings (SSSR count). The van der Waals surface area contributed by atoms with Gasteiger partial charge in [-0.1, -0.05) is 85.1 Å². The van der Waals surface area contributed by atoms with E-state index in [0.717, 1.165) is 49.7 Å². The lowest BCUT2D eigenvalue weighted by molar-refractivity contribution is -0.122. The van der Waals surface area contributed by atoms with Gasteiger partial charge in [0.25, 0.3) is 0 Å². The van der Waals surface area contributed by atoms with Crippen LogP contribution in [0, 0.1) is 10.8 Å². The van der Waals surface area contributed by atoms with Gasteiger partial charge in [-0.05, 0) is 74.1 Å². The first-order chi connectivity index (χ1) is 19.8. The molecular formula is C33H44ClN3O4. The van der Waals surface area contributed by atoms with Crippen molar-refractivity contribution in [3.63, 3.8) is 0 Å². The van der Waals surface area contributed by atoms with E-state index < -0.39 is 11.6 Å². The lowest BCUT2D eigenvalue weighted by atomic mass is 9.66. The van der Waals surface area contributed by atoms with Gasteiger partial charge in [-0.2, -0.15) is 4.91 Å². The molecule has 1 aliphatic carbocycles. The maximum Gasteiger partial charge on any atom is 0.410 e. The fourth-order valence-electron chi connectivity index (χ4n) is 6.20. The average molecular weight is 582 g/mol. The molecule has 0 radical (unpaired) electrons. The Morgan fingerprint density at radius 3 is 2.39 bits per heavy atom. The molecule has 2 aromatic rings. The molecule has 222 valence electrons. The zero-order valence-corrected chi connectivity index (χ0v) is 25.2. The molecule has 2 amide bonds. The molecule has 2 aromatic carbocycles. The van der Waals surface area contributed by atoms with E-state index in [2.05, 4.69) is 24.0 Å². The van der Waals surface area contributed by atoms with Crippen molar-refractivity contribution in [1.29, 1.82) is 0 Å². The number of nitrogens with zero attached hydrogens (tertiary/aromatic N) is 2. The quantitative estimate of drug-likeness (QED) is 0.169. The molecule has 8 heteroatoms. The van der Waals surface area contributed by atoms with Crippen molar-refractivity contribution in [3.05, 3.63) is 88.3 Å². The van der Waals surface area contributed by atoms with Crippen LogP contribution in [0.3, 0.4) is 0 Å². The molecule has 0 saturated heterocycles. The van der Waals surface area contributed by atoms with Crippen LogP contribution in [0.25, 0.3) is 0 Å².